The molecule has 0 radical (unpaired) electrons. The fraction of sp³-hybridized carbons (Fsp3) is 0.250. The second-order valence-electron chi connectivity index (χ2n) is 2.64. The number of nitrogens with two attached hydrogens (primary N) is 1. The zero-order valence-corrected chi connectivity index (χ0v) is 7.03. The second kappa shape index (κ2) is 3.40. The van der Waals surface area contributed by atoms with E-state index in [2.05, 4.69) is 15.2 Å². The second-order valence-corrected chi connectivity index (χ2v) is 2.64. The van der Waals surface area contributed by atoms with Crippen LogP contribution in [0.1, 0.15) is 5.89 Å². The summed E-state index contributed by atoms with van der Waals surface area (Å²) in [5, 5.41) is 7.74. The molecular formula is C8H10N4O. The average Bonchev–Trinajstić information content (AvgIpc) is 2.70. The molecule has 0 saturated heterocycles. The Bertz CT molecular complexity index is 365. The zero-order chi connectivity index (χ0) is 9.10. The van der Waals surface area contributed by atoms with Crippen molar-refractivity contribution in [1.82, 2.24) is 15.2 Å². The van der Waals surface area contributed by atoms with E-state index >= 15 is 0 Å². The van der Waals surface area contributed by atoms with Crippen LogP contribution < -0.4 is 5.73 Å². The van der Waals surface area contributed by atoms with Gasteiger partial charge in [-0.2, -0.15) is 0 Å². The molecule has 5 heteroatoms. The van der Waals surface area contributed by atoms with Crippen molar-refractivity contribution in [3.63, 3.8) is 0 Å². The third kappa shape index (κ3) is 1.59. The van der Waals surface area contributed by atoms with E-state index in [1.165, 1.54) is 0 Å². The highest BCUT2D eigenvalue weighted by Crippen LogP contribution is 2.16. The van der Waals surface area contributed by atoms with Crippen LogP contribution in [0.5, 0.6) is 0 Å². The Labute approximate surface area is 75.0 Å². The number of hydrogen-bond donors (Lipinski definition) is 2. The standard InChI is InChI=1S/C8H10N4O/c9-3-1-7-11-12-8(13-7)6-2-4-10-5-6/h2,4-5,10H,1,3,9H2. The smallest absolute Gasteiger partial charge is 0.249 e. The van der Waals surface area contributed by atoms with Gasteiger partial charge in [-0.15, -0.1) is 10.2 Å². The van der Waals surface area contributed by atoms with Crippen molar-refractivity contribution < 1.29 is 4.42 Å². The monoisotopic (exact) mass is 178 g/mol. The first kappa shape index (κ1) is 8.00. The van der Waals surface area contributed by atoms with Crippen LogP contribution in [0.4, 0.5) is 0 Å². The van der Waals surface area contributed by atoms with Crippen molar-refractivity contribution in [3.8, 4) is 11.5 Å². The SMILES string of the molecule is NCCc1nnc(-c2cc[nH]c2)o1. The van der Waals surface area contributed by atoms with E-state index in [9.17, 15) is 0 Å². The summed E-state index contributed by atoms with van der Waals surface area (Å²) in [6.07, 6.45) is 4.24. The van der Waals surface area contributed by atoms with Gasteiger partial charge < -0.3 is 15.1 Å². The molecule has 0 atom stereocenters. The van der Waals surface area contributed by atoms with E-state index < -0.39 is 0 Å². The molecule has 0 aromatic carbocycles. The van der Waals surface area contributed by atoms with Gasteiger partial charge in [-0.25, -0.2) is 0 Å². The summed E-state index contributed by atoms with van der Waals surface area (Å²) < 4.78 is 5.35. The Kier molecular flexibility index (Phi) is 2.09. The number of aromatic nitrogens is 3. The molecule has 2 rings (SSSR count). The van der Waals surface area contributed by atoms with E-state index in [-0.39, 0.29) is 0 Å². The molecule has 68 valence electrons. The van der Waals surface area contributed by atoms with Crippen molar-refractivity contribution in [3.05, 3.63) is 24.4 Å². The molecule has 0 unspecified atom stereocenters. The van der Waals surface area contributed by atoms with Gasteiger partial charge in [0.15, 0.2) is 0 Å². The third-order valence-electron chi connectivity index (χ3n) is 1.67. The van der Waals surface area contributed by atoms with Gasteiger partial charge in [-0.3, -0.25) is 0 Å². The molecule has 0 aliphatic rings. The highest BCUT2D eigenvalue weighted by Gasteiger charge is 2.07. The molecule has 13 heavy (non-hydrogen) atoms. The summed E-state index contributed by atoms with van der Waals surface area (Å²) in [5.41, 5.74) is 6.25. The molecule has 0 amide bonds. The minimum atomic E-state index is 0.523. The maximum absolute atomic E-state index is 5.35. The zero-order valence-electron chi connectivity index (χ0n) is 7.03. The number of H-pyrrole nitrogens is 1. The fourth-order valence-corrected chi connectivity index (χ4v) is 1.05. The quantitative estimate of drug-likeness (QED) is 0.719. The number of nitrogens with zero attached hydrogens (tertiary/aromatic N) is 2. The Morgan fingerprint density at radius 1 is 1.46 bits per heavy atom. The van der Waals surface area contributed by atoms with Crippen LogP contribution in [0.15, 0.2) is 22.9 Å². The van der Waals surface area contributed by atoms with Gasteiger partial charge >= 0.3 is 0 Å². The summed E-state index contributed by atoms with van der Waals surface area (Å²) in [6.45, 7) is 0.523. The molecule has 0 saturated carbocycles. The van der Waals surface area contributed by atoms with Gasteiger partial charge in [-0.1, -0.05) is 0 Å². The summed E-state index contributed by atoms with van der Waals surface area (Å²) in [4.78, 5) is 2.92. The first-order valence-corrected chi connectivity index (χ1v) is 4.06. The Balaban J connectivity index is 2.23. The number of nitrogens with one attached hydrogen (secondary N) is 1. The Morgan fingerprint density at radius 2 is 2.38 bits per heavy atom. The Morgan fingerprint density at radius 3 is 3.08 bits per heavy atom. The lowest BCUT2D eigenvalue weighted by Crippen LogP contribution is -2.02. The van der Waals surface area contributed by atoms with Crippen LogP contribution in [-0.4, -0.2) is 21.7 Å². The highest BCUT2D eigenvalue weighted by atomic mass is 16.4. The molecule has 0 aliphatic carbocycles. The van der Waals surface area contributed by atoms with Gasteiger partial charge in [0.05, 0.1) is 5.56 Å². The topological polar surface area (TPSA) is 80.7 Å². The lowest BCUT2D eigenvalue weighted by molar-refractivity contribution is 0.507. The average molecular weight is 178 g/mol. The van der Waals surface area contributed by atoms with Gasteiger partial charge in [0, 0.05) is 25.4 Å². The molecular weight excluding hydrogens is 168 g/mol. The van der Waals surface area contributed by atoms with Crippen LogP contribution in [-0.2, 0) is 6.42 Å². The predicted octanol–water partition coefficient (Wildman–Crippen LogP) is 0.566. The van der Waals surface area contributed by atoms with Crippen LogP contribution in [0, 0.1) is 0 Å². The minimum absolute atomic E-state index is 0.523. The first-order chi connectivity index (χ1) is 6.40. The normalized spacial score (nSPS) is 10.5. The van der Waals surface area contributed by atoms with Crippen molar-refractivity contribution in [2.75, 3.05) is 6.54 Å². The number of aromatic amines is 1. The van der Waals surface area contributed by atoms with E-state index in [0.717, 1.165) is 5.56 Å². The van der Waals surface area contributed by atoms with Gasteiger partial charge in [0.1, 0.15) is 0 Å². The van der Waals surface area contributed by atoms with Crippen molar-refractivity contribution in [2.45, 2.75) is 6.42 Å². The van der Waals surface area contributed by atoms with E-state index in [1.54, 1.807) is 6.20 Å². The summed E-state index contributed by atoms with van der Waals surface area (Å²) in [6, 6.07) is 1.87. The molecule has 0 bridgehead atoms. The molecule has 2 aromatic rings. The molecule has 2 aromatic heterocycles. The van der Waals surface area contributed by atoms with E-state index in [0.29, 0.717) is 24.7 Å². The summed E-state index contributed by atoms with van der Waals surface area (Å²) in [7, 11) is 0. The molecule has 0 fully saturated rings. The van der Waals surface area contributed by atoms with Crippen LogP contribution in [0.25, 0.3) is 11.5 Å². The maximum Gasteiger partial charge on any atom is 0.249 e. The third-order valence-corrected chi connectivity index (χ3v) is 1.67. The predicted molar refractivity (Wildman–Crippen MR) is 46.8 cm³/mol. The van der Waals surface area contributed by atoms with Crippen LogP contribution >= 0.6 is 0 Å². The Hall–Kier alpha value is -1.62. The molecule has 0 aliphatic heterocycles. The van der Waals surface area contributed by atoms with Gasteiger partial charge in [0.25, 0.3) is 0 Å². The summed E-state index contributed by atoms with van der Waals surface area (Å²) >= 11 is 0. The van der Waals surface area contributed by atoms with E-state index in [1.807, 2.05) is 12.3 Å². The maximum atomic E-state index is 5.35. The molecule has 2 heterocycles. The molecule has 3 N–H and O–H groups in total. The lowest BCUT2D eigenvalue weighted by atomic mass is 10.3. The molecule has 0 spiro atoms. The largest absolute Gasteiger partial charge is 0.421 e. The fourth-order valence-electron chi connectivity index (χ4n) is 1.05. The highest BCUT2D eigenvalue weighted by molar-refractivity contribution is 5.50. The van der Waals surface area contributed by atoms with Crippen molar-refractivity contribution >= 4 is 0 Å². The van der Waals surface area contributed by atoms with Crippen molar-refractivity contribution in [1.29, 1.82) is 0 Å². The first-order valence-electron chi connectivity index (χ1n) is 4.06. The van der Waals surface area contributed by atoms with Crippen molar-refractivity contribution in [2.24, 2.45) is 5.73 Å². The van der Waals surface area contributed by atoms with Gasteiger partial charge in [0.2, 0.25) is 11.8 Å². The van der Waals surface area contributed by atoms with Crippen LogP contribution in [0.3, 0.4) is 0 Å². The summed E-state index contributed by atoms with van der Waals surface area (Å²) in [5.74, 6) is 1.11. The minimum Gasteiger partial charge on any atom is -0.421 e. The van der Waals surface area contributed by atoms with E-state index in [4.69, 9.17) is 10.2 Å². The lowest BCUT2D eigenvalue weighted by Gasteiger charge is -1.87. The number of rotatable bonds is 3. The molecule has 5 nitrogen and oxygen atoms in total. The van der Waals surface area contributed by atoms with Crippen LogP contribution in [0.2, 0.25) is 0 Å². The van der Waals surface area contributed by atoms with Gasteiger partial charge in [-0.05, 0) is 6.07 Å². The number of hydrogen-bond acceptors (Lipinski definition) is 4.